The van der Waals surface area contributed by atoms with E-state index in [-0.39, 0.29) is 12.5 Å². The van der Waals surface area contributed by atoms with Gasteiger partial charge in [0.1, 0.15) is 0 Å². The molecular formula is C12H19N3O2. The molecule has 17 heavy (non-hydrogen) atoms. The molecule has 0 radical (unpaired) electrons. The van der Waals surface area contributed by atoms with Gasteiger partial charge < -0.3 is 21.1 Å². The highest BCUT2D eigenvalue weighted by atomic mass is 16.3. The molecule has 0 heterocycles. The Labute approximate surface area is 101 Å². The highest BCUT2D eigenvalue weighted by Gasteiger charge is 2.10. The van der Waals surface area contributed by atoms with E-state index in [2.05, 4.69) is 5.32 Å². The summed E-state index contributed by atoms with van der Waals surface area (Å²) in [4.78, 5) is 13.4. The van der Waals surface area contributed by atoms with Crippen molar-refractivity contribution in [3.63, 3.8) is 0 Å². The van der Waals surface area contributed by atoms with E-state index >= 15 is 0 Å². The molecule has 1 rings (SSSR count). The number of anilines is 2. The van der Waals surface area contributed by atoms with Crippen LogP contribution in [0.25, 0.3) is 0 Å². The van der Waals surface area contributed by atoms with E-state index < -0.39 is 0 Å². The lowest BCUT2D eigenvalue weighted by atomic mass is 10.1. The Morgan fingerprint density at radius 3 is 2.71 bits per heavy atom. The first-order valence-corrected chi connectivity index (χ1v) is 5.61. The summed E-state index contributed by atoms with van der Waals surface area (Å²) < 4.78 is 0. The highest BCUT2D eigenvalue weighted by molar-refractivity contribution is 5.96. The average Bonchev–Trinajstić information content (AvgIpc) is 2.35. The molecule has 0 fully saturated rings. The zero-order valence-corrected chi connectivity index (χ0v) is 10.2. The van der Waals surface area contributed by atoms with Gasteiger partial charge in [-0.1, -0.05) is 0 Å². The minimum absolute atomic E-state index is 0.0739. The maximum Gasteiger partial charge on any atom is 0.251 e. The van der Waals surface area contributed by atoms with Crippen molar-refractivity contribution in [3.05, 3.63) is 23.8 Å². The molecule has 0 aliphatic rings. The summed E-state index contributed by atoms with van der Waals surface area (Å²) in [6.45, 7) is 3.34. The van der Waals surface area contributed by atoms with Crippen LogP contribution < -0.4 is 16.0 Å². The van der Waals surface area contributed by atoms with Crippen LogP contribution in [0.2, 0.25) is 0 Å². The number of nitrogens with one attached hydrogen (secondary N) is 1. The van der Waals surface area contributed by atoms with Crippen molar-refractivity contribution in [1.82, 2.24) is 5.32 Å². The third kappa shape index (κ3) is 3.10. The van der Waals surface area contributed by atoms with Crippen molar-refractivity contribution in [2.24, 2.45) is 0 Å². The van der Waals surface area contributed by atoms with Crippen LogP contribution in [0.3, 0.4) is 0 Å². The molecule has 0 aliphatic carbocycles. The van der Waals surface area contributed by atoms with Crippen molar-refractivity contribution in [1.29, 1.82) is 0 Å². The molecule has 0 atom stereocenters. The minimum Gasteiger partial charge on any atom is -0.397 e. The summed E-state index contributed by atoms with van der Waals surface area (Å²) in [5.41, 5.74) is 7.84. The smallest absolute Gasteiger partial charge is 0.251 e. The molecule has 1 amide bonds. The van der Waals surface area contributed by atoms with E-state index in [1.165, 1.54) is 0 Å². The number of aliphatic hydroxyl groups is 1. The van der Waals surface area contributed by atoms with Gasteiger partial charge >= 0.3 is 0 Å². The lowest BCUT2D eigenvalue weighted by molar-refractivity contribution is 0.0963. The van der Waals surface area contributed by atoms with Crippen molar-refractivity contribution in [3.8, 4) is 0 Å². The van der Waals surface area contributed by atoms with Crippen LogP contribution in [-0.4, -0.2) is 37.8 Å². The predicted octanol–water partition coefficient (Wildman–Crippen LogP) is 0.447. The maximum absolute atomic E-state index is 11.4. The molecule has 94 valence electrons. The number of nitrogens with zero attached hydrogens (tertiary/aromatic N) is 1. The Hall–Kier alpha value is -1.75. The number of hydrogen-bond donors (Lipinski definition) is 3. The Morgan fingerprint density at radius 1 is 1.53 bits per heavy atom. The van der Waals surface area contributed by atoms with Gasteiger partial charge in [-0.25, -0.2) is 0 Å². The quantitative estimate of drug-likeness (QED) is 0.650. The molecule has 0 saturated carbocycles. The molecule has 1 aromatic carbocycles. The normalized spacial score (nSPS) is 10.1. The number of hydrogen-bond acceptors (Lipinski definition) is 4. The number of nitrogens with two attached hydrogens (primary N) is 1. The number of carbonyl (C=O) groups is 1. The maximum atomic E-state index is 11.4. The molecule has 0 spiro atoms. The second kappa shape index (κ2) is 6.10. The van der Waals surface area contributed by atoms with E-state index in [4.69, 9.17) is 10.8 Å². The molecule has 5 nitrogen and oxygen atoms in total. The van der Waals surface area contributed by atoms with Crippen molar-refractivity contribution in [2.75, 3.05) is 37.4 Å². The Balaban J connectivity index is 2.99. The van der Waals surface area contributed by atoms with Crippen LogP contribution in [0.1, 0.15) is 17.3 Å². The zero-order valence-electron chi connectivity index (χ0n) is 10.2. The number of carbonyl (C=O) groups excluding carboxylic acids is 1. The predicted molar refractivity (Wildman–Crippen MR) is 69.2 cm³/mol. The zero-order chi connectivity index (χ0) is 12.8. The number of amides is 1. The van der Waals surface area contributed by atoms with E-state index in [1.807, 2.05) is 11.8 Å². The number of benzene rings is 1. The van der Waals surface area contributed by atoms with Crippen LogP contribution >= 0.6 is 0 Å². The summed E-state index contributed by atoms with van der Waals surface area (Å²) in [5.74, 6) is -0.159. The van der Waals surface area contributed by atoms with Crippen molar-refractivity contribution < 1.29 is 9.90 Å². The summed E-state index contributed by atoms with van der Waals surface area (Å²) in [6, 6.07) is 5.18. The first-order valence-electron chi connectivity index (χ1n) is 5.61. The van der Waals surface area contributed by atoms with Crippen LogP contribution in [0, 0.1) is 0 Å². The van der Waals surface area contributed by atoms with E-state index in [0.29, 0.717) is 17.8 Å². The van der Waals surface area contributed by atoms with Crippen LogP contribution in [-0.2, 0) is 0 Å². The van der Waals surface area contributed by atoms with E-state index in [1.54, 1.807) is 25.2 Å². The van der Waals surface area contributed by atoms with Gasteiger partial charge in [0.15, 0.2) is 0 Å². The van der Waals surface area contributed by atoms with Crippen LogP contribution in [0.15, 0.2) is 18.2 Å². The Morgan fingerprint density at radius 2 is 2.24 bits per heavy atom. The number of aliphatic hydroxyl groups excluding tert-OH is 1. The summed E-state index contributed by atoms with van der Waals surface area (Å²) in [5, 5.41) is 11.5. The molecule has 0 aliphatic heterocycles. The second-order valence-electron chi connectivity index (χ2n) is 3.66. The van der Waals surface area contributed by atoms with E-state index in [9.17, 15) is 4.79 Å². The van der Waals surface area contributed by atoms with Gasteiger partial charge in [0.05, 0.1) is 18.0 Å². The molecule has 1 aromatic rings. The minimum atomic E-state index is -0.159. The number of likely N-dealkylation sites (N-methyl/N-ethyl adjacent to an activating group) is 1. The van der Waals surface area contributed by atoms with Crippen LogP contribution in [0.5, 0.6) is 0 Å². The summed E-state index contributed by atoms with van der Waals surface area (Å²) >= 11 is 0. The first-order chi connectivity index (χ1) is 8.13. The molecular weight excluding hydrogens is 218 g/mol. The molecule has 0 unspecified atom stereocenters. The number of rotatable bonds is 5. The fraction of sp³-hybridized carbons (Fsp3) is 0.417. The molecule has 5 heteroatoms. The summed E-state index contributed by atoms with van der Waals surface area (Å²) in [7, 11) is 1.58. The number of nitrogen functional groups attached to an aromatic ring is 1. The van der Waals surface area contributed by atoms with Gasteiger partial charge in [0.25, 0.3) is 5.91 Å². The lowest BCUT2D eigenvalue weighted by Gasteiger charge is -2.23. The van der Waals surface area contributed by atoms with Crippen molar-refractivity contribution in [2.45, 2.75) is 6.92 Å². The van der Waals surface area contributed by atoms with Gasteiger partial charge in [0, 0.05) is 25.7 Å². The molecule has 0 aromatic heterocycles. The first kappa shape index (κ1) is 13.3. The lowest BCUT2D eigenvalue weighted by Crippen LogP contribution is -2.27. The SMILES string of the molecule is CCN(CCO)c1ccc(C(=O)NC)cc1N. The van der Waals surface area contributed by atoms with Gasteiger partial charge in [0.2, 0.25) is 0 Å². The largest absolute Gasteiger partial charge is 0.397 e. The van der Waals surface area contributed by atoms with Crippen molar-refractivity contribution >= 4 is 17.3 Å². The molecule has 0 bridgehead atoms. The molecule has 4 N–H and O–H groups in total. The van der Waals surface area contributed by atoms with Gasteiger partial charge in [-0.2, -0.15) is 0 Å². The third-order valence-electron chi connectivity index (χ3n) is 2.61. The van der Waals surface area contributed by atoms with E-state index in [0.717, 1.165) is 12.2 Å². The van der Waals surface area contributed by atoms with Gasteiger partial charge in [-0.3, -0.25) is 4.79 Å². The second-order valence-corrected chi connectivity index (χ2v) is 3.66. The topological polar surface area (TPSA) is 78.6 Å². The Bertz CT molecular complexity index is 393. The summed E-state index contributed by atoms with van der Waals surface area (Å²) in [6.07, 6.45) is 0. The highest BCUT2D eigenvalue weighted by Crippen LogP contribution is 2.24. The van der Waals surface area contributed by atoms with Gasteiger partial charge in [-0.05, 0) is 25.1 Å². The third-order valence-corrected chi connectivity index (χ3v) is 2.61. The average molecular weight is 237 g/mol. The fourth-order valence-electron chi connectivity index (χ4n) is 1.70. The fourth-order valence-corrected chi connectivity index (χ4v) is 1.70. The monoisotopic (exact) mass is 237 g/mol. The standard InChI is InChI=1S/C12H19N3O2/c1-3-15(6-7-16)11-5-4-9(8-10(11)13)12(17)14-2/h4-5,8,16H,3,6-7,13H2,1-2H3,(H,14,17). The van der Waals surface area contributed by atoms with Crippen LogP contribution in [0.4, 0.5) is 11.4 Å². The molecule has 0 saturated heterocycles. The Kier molecular flexibility index (Phi) is 4.78. The van der Waals surface area contributed by atoms with Gasteiger partial charge in [-0.15, -0.1) is 0 Å².